The van der Waals surface area contributed by atoms with Crippen LogP contribution in [0, 0.1) is 0 Å². The highest BCUT2D eigenvalue weighted by molar-refractivity contribution is 9.10. The summed E-state index contributed by atoms with van der Waals surface area (Å²) in [6.07, 6.45) is 2.94. The zero-order chi connectivity index (χ0) is 13.8. The van der Waals surface area contributed by atoms with Crippen LogP contribution in [0.25, 0.3) is 0 Å². The van der Waals surface area contributed by atoms with Gasteiger partial charge in [-0.05, 0) is 28.1 Å². The Morgan fingerprint density at radius 3 is 2.89 bits per heavy atom. The van der Waals surface area contributed by atoms with E-state index in [1.54, 1.807) is 18.2 Å². The lowest BCUT2D eigenvalue weighted by atomic mass is 10.3. The second-order valence-corrected chi connectivity index (χ2v) is 4.51. The Labute approximate surface area is 116 Å². The largest absolute Gasteiger partial charge is 0.368 e. The smallest absolute Gasteiger partial charge is 0.274 e. The number of rotatable bonds is 4. The molecular formula is C11H10BrN5O2. The van der Waals surface area contributed by atoms with E-state index in [4.69, 9.17) is 5.73 Å². The number of nitrogens with two attached hydrogens (primary N) is 1. The molecule has 0 aliphatic rings. The normalized spacial score (nSPS) is 10.2. The van der Waals surface area contributed by atoms with Crippen LogP contribution in [0.5, 0.6) is 0 Å². The number of amides is 2. The molecule has 8 heteroatoms. The third kappa shape index (κ3) is 3.62. The summed E-state index contributed by atoms with van der Waals surface area (Å²) in [5, 5.41) is 6.51. The molecule has 0 unspecified atom stereocenters. The molecule has 0 saturated heterocycles. The molecule has 0 aliphatic carbocycles. The van der Waals surface area contributed by atoms with Crippen molar-refractivity contribution in [2.75, 3.05) is 5.32 Å². The van der Waals surface area contributed by atoms with E-state index in [0.29, 0.717) is 10.3 Å². The van der Waals surface area contributed by atoms with Gasteiger partial charge in [-0.25, -0.2) is 4.98 Å². The van der Waals surface area contributed by atoms with Crippen molar-refractivity contribution in [2.24, 2.45) is 5.73 Å². The summed E-state index contributed by atoms with van der Waals surface area (Å²) in [4.78, 5) is 26.6. The lowest BCUT2D eigenvalue weighted by Crippen LogP contribution is -2.18. The SMILES string of the molecule is NC(=O)Cn1cc(NC(=O)c2cccc(Br)n2)cn1. The number of hydrogen-bond acceptors (Lipinski definition) is 4. The molecule has 2 rings (SSSR count). The van der Waals surface area contributed by atoms with Gasteiger partial charge in [-0.3, -0.25) is 14.3 Å². The summed E-state index contributed by atoms with van der Waals surface area (Å²) >= 11 is 3.19. The van der Waals surface area contributed by atoms with Crippen LogP contribution in [0.4, 0.5) is 5.69 Å². The van der Waals surface area contributed by atoms with E-state index < -0.39 is 5.91 Å². The second kappa shape index (κ2) is 5.61. The average Bonchev–Trinajstić information content (AvgIpc) is 2.75. The zero-order valence-electron chi connectivity index (χ0n) is 9.71. The quantitative estimate of drug-likeness (QED) is 0.811. The van der Waals surface area contributed by atoms with Crippen LogP contribution in [-0.2, 0) is 11.3 Å². The van der Waals surface area contributed by atoms with Crippen molar-refractivity contribution in [1.82, 2.24) is 14.8 Å². The fraction of sp³-hybridized carbons (Fsp3) is 0.0909. The monoisotopic (exact) mass is 323 g/mol. The highest BCUT2D eigenvalue weighted by atomic mass is 79.9. The molecule has 7 nitrogen and oxygen atoms in total. The third-order valence-electron chi connectivity index (χ3n) is 2.16. The van der Waals surface area contributed by atoms with Crippen LogP contribution in [0.15, 0.2) is 35.2 Å². The first-order valence-electron chi connectivity index (χ1n) is 5.29. The second-order valence-electron chi connectivity index (χ2n) is 3.69. The van der Waals surface area contributed by atoms with Gasteiger partial charge in [0.1, 0.15) is 16.8 Å². The van der Waals surface area contributed by atoms with Gasteiger partial charge in [0.05, 0.1) is 11.9 Å². The van der Waals surface area contributed by atoms with Gasteiger partial charge in [0.15, 0.2) is 0 Å². The summed E-state index contributed by atoms with van der Waals surface area (Å²) in [5.74, 6) is -0.866. The van der Waals surface area contributed by atoms with Crippen molar-refractivity contribution in [3.63, 3.8) is 0 Å². The number of pyridine rings is 1. The molecule has 0 aliphatic heterocycles. The molecule has 2 aromatic rings. The molecule has 2 amide bonds. The van der Waals surface area contributed by atoms with Crippen molar-refractivity contribution < 1.29 is 9.59 Å². The predicted octanol–water partition coefficient (Wildman–Crippen LogP) is 0.778. The predicted molar refractivity (Wildman–Crippen MR) is 71.3 cm³/mol. The topological polar surface area (TPSA) is 103 Å². The maximum atomic E-state index is 11.9. The zero-order valence-corrected chi connectivity index (χ0v) is 11.3. The van der Waals surface area contributed by atoms with E-state index in [1.807, 2.05) is 0 Å². The first kappa shape index (κ1) is 13.2. The number of anilines is 1. The first-order valence-corrected chi connectivity index (χ1v) is 6.08. The molecule has 0 atom stereocenters. The summed E-state index contributed by atoms with van der Waals surface area (Å²) in [6, 6.07) is 5.03. The van der Waals surface area contributed by atoms with E-state index in [2.05, 4.69) is 31.3 Å². The number of nitrogens with zero attached hydrogens (tertiary/aromatic N) is 3. The average molecular weight is 324 g/mol. The number of hydrogen-bond donors (Lipinski definition) is 2. The Kier molecular flexibility index (Phi) is 3.91. The molecule has 0 aromatic carbocycles. The highest BCUT2D eigenvalue weighted by Gasteiger charge is 2.09. The Morgan fingerprint density at radius 2 is 2.21 bits per heavy atom. The van der Waals surface area contributed by atoms with Crippen molar-refractivity contribution in [3.05, 3.63) is 40.9 Å². The maximum absolute atomic E-state index is 11.9. The summed E-state index contributed by atoms with van der Waals surface area (Å²) < 4.78 is 1.91. The molecular weight excluding hydrogens is 314 g/mol. The number of carbonyl (C=O) groups is 2. The summed E-state index contributed by atoms with van der Waals surface area (Å²) in [6.45, 7) is -0.0367. The van der Waals surface area contributed by atoms with E-state index in [9.17, 15) is 9.59 Å². The van der Waals surface area contributed by atoms with Gasteiger partial charge in [-0.1, -0.05) is 6.07 Å². The van der Waals surface area contributed by atoms with Crippen molar-refractivity contribution >= 4 is 33.4 Å². The number of halogens is 1. The van der Waals surface area contributed by atoms with Crippen LogP contribution >= 0.6 is 15.9 Å². The van der Waals surface area contributed by atoms with Crippen molar-refractivity contribution in [3.8, 4) is 0 Å². The van der Waals surface area contributed by atoms with Crippen LogP contribution in [0.3, 0.4) is 0 Å². The summed E-state index contributed by atoms with van der Waals surface area (Å²) in [7, 11) is 0. The number of aromatic nitrogens is 3. The first-order chi connectivity index (χ1) is 9.04. The minimum atomic E-state index is -0.505. The molecule has 0 bridgehead atoms. The molecule has 2 heterocycles. The van der Waals surface area contributed by atoms with Crippen LogP contribution < -0.4 is 11.1 Å². The van der Waals surface area contributed by atoms with Gasteiger partial charge in [0.2, 0.25) is 5.91 Å². The van der Waals surface area contributed by atoms with E-state index in [-0.39, 0.29) is 18.1 Å². The van der Waals surface area contributed by atoms with Gasteiger partial charge in [0.25, 0.3) is 5.91 Å². The molecule has 19 heavy (non-hydrogen) atoms. The molecule has 0 saturated carbocycles. The standard InChI is InChI=1S/C11H10BrN5O2/c12-9-3-1-2-8(16-9)11(19)15-7-4-14-17(5-7)6-10(13)18/h1-5H,6H2,(H2,13,18)(H,15,19). The Morgan fingerprint density at radius 1 is 1.42 bits per heavy atom. The van der Waals surface area contributed by atoms with Crippen molar-refractivity contribution in [2.45, 2.75) is 6.54 Å². The van der Waals surface area contributed by atoms with Gasteiger partial charge in [0, 0.05) is 6.20 Å². The van der Waals surface area contributed by atoms with Crippen molar-refractivity contribution in [1.29, 1.82) is 0 Å². The molecule has 2 aromatic heterocycles. The molecule has 3 N–H and O–H groups in total. The summed E-state index contributed by atoms with van der Waals surface area (Å²) in [5.41, 5.74) is 5.78. The van der Waals surface area contributed by atoms with Crippen LogP contribution in [0.1, 0.15) is 10.5 Å². The van der Waals surface area contributed by atoms with E-state index in [1.165, 1.54) is 17.1 Å². The van der Waals surface area contributed by atoms with Crippen LogP contribution in [-0.4, -0.2) is 26.6 Å². The lowest BCUT2D eigenvalue weighted by molar-refractivity contribution is -0.118. The van der Waals surface area contributed by atoms with Crippen LogP contribution in [0.2, 0.25) is 0 Å². The molecule has 98 valence electrons. The van der Waals surface area contributed by atoms with Gasteiger partial charge in [-0.15, -0.1) is 0 Å². The fourth-order valence-corrected chi connectivity index (χ4v) is 1.75. The van der Waals surface area contributed by atoms with Gasteiger partial charge < -0.3 is 11.1 Å². The number of nitrogens with one attached hydrogen (secondary N) is 1. The number of primary amides is 1. The molecule has 0 radical (unpaired) electrons. The Balaban J connectivity index is 2.06. The number of carbonyl (C=O) groups excluding carboxylic acids is 2. The lowest BCUT2D eigenvalue weighted by Gasteiger charge is -2.01. The minimum Gasteiger partial charge on any atom is -0.368 e. The fourth-order valence-electron chi connectivity index (χ4n) is 1.40. The maximum Gasteiger partial charge on any atom is 0.274 e. The van der Waals surface area contributed by atoms with E-state index >= 15 is 0 Å². The highest BCUT2D eigenvalue weighted by Crippen LogP contribution is 2.10. The molecule has 0 fully saturated rings. The van der Waals surface area contributed by atoms with Gasteiger partial charge in [-0.2, -0.15) is 5.10 Å². The van der Waals surface area contributed by atoms with E-state index in [0.717, 1.165) is 0 Å². The third-order valence-corrected chi connectivity index (χ3v) is 2.60. The Hall–Kier alpha value is -2.22. The van der Waals surface area contributed by atoms with Gasteiger partial charge >= 0.3 is 0 Å². The Bertz CT molecular complexity index is 625. The molecule has 0 spiro atoms. The minimum absolute atomic E-state index is 0.0367.